The second kappa shape index (κ2) is 6.76. The van der Waals surface area contributed by atoms with Crippen molar-refractivity contribution >= 4 is 29.1 Å². The fraction of sp³-hybridized carbons (Fsp3) is 0.0667. The molecule has 3 aromatic heterocycles. The lowest BCUT2D eigenvalue weighted by Gasteiger charge is -2.08. The molecular formula is C15H11Cl2N5O. The Balaban J connectivity index is 1.85. The van der Waals surface area contributed by atoms with Crippen LogP contribution in [0.1, 0.15) is 16.1 Å². The van der Waals surface area contributed by atoms with Gasteiger partial charge in [0.1, 0.15) is 5.69 Å². The van der Waals surface area contributed by atoms with Gasteiger partial charge in [0.2, 0.25) is 0 Å². The maximum absolute atomic E-state index is 12.4. The molecule has 1 N–H and O–H groups in total. The van der Waals surface area contributed by atoms with Crippen LogP contribution in [0.15, 0.2) is 48.9 Å². The summed E-state index contributed by atoms with van der Waals surface area (Å²) in [6, 6.07) is 8.49. The van der Waals surface area contributed by atoms with E-state index in [1.165, 1.54) is 10.7 Å². The van der Waals surface area contributed by atoms with Crippen LogP contribution in [-0.2, 0) is 6.54 Å². The molecule has 6 nitrogen and oxygen atoms in total. The zero-order chi connectivity index (χ0) is 16.2. The van der Waals surface area contributed by atoms with Crippen LogP contribution >= 0.6 is 23.2 Å². The molecule has 3 rings (SSSR count). The van der Waals surface area contributed by atoms with Crippen molar-refractivity contribution in [3.8, 4) is 5.82 Å². The van der Waals surface area contributed by atoms with E-state index < -0.39 is 0 Å². The Morgan fingerprint density at radius 3 is 2.78 bits per heavy atom. The minimum Gasteiger partial charge on any atom is -0.347 e. The maximum atomic E-state index is 12.4. The SMILES string of the molecule is O=C(NCc1cccnc1)c1cc(Cl)nn1-c1ncccc1Cl. The van der Waals surface area contributed by atoms with E-state index in [2.05, 4.69) is 20.4 Å². The van der Waals surface area contributed by atoms with Crippen molar-refractivity contribution in [3.05, 3.63) is 70.4 Å². The third-order valence-electron chi connectivity index (χ3n) is 3.03. The Kier molecular flexibility index (Phi) is 4.55. The Morgan fingerprint density at radius 2 is 2.04 bits per heavy atom. The van der Waals surface area contributed by atoms with E-state index in [9.17, 15) is 4.79 Å². The zero-order valence-corrected chi connectivity index (χ0v) is 13.3. The van der Waals surface area contributed by atoms with Crippen LogP contribution in [0.2, 0.25) is 10.2 Å². The Morgan fingerprint density at radius 1 is 1.22 bits per heavy atom. The van der Waals surface area contributed by atoms with Crippen molar-refractivity contribution in [3.63, 3.8) is 0 Å². The van der Waals surface area contributed by atoms with E-state index in [0.717, 1.165) is 5.56 Å². The molecule has 0 spiro atoms. The minimum absolute atomic E-state index is 0.179. The smallest absolute Gasteiger partial charge is 0.270 e. The first-order valence-electron chi connectivity index (χ1n) is 6.68. The monoisotopic (exact) mass is 347 g/mol. The van der Waals surface area contributed by atoms with Gasteiger partial charge in [0.25, 0.3) is 5.91 Å². The summed E-state index contributed by atoms with van der Waals surface area (Å²) in [5, 5.41) is 7.42. The predicted molar refractivity (Wildman–Crippen MR) is 86.8 cm³/mol. The Bertz CT molecular complexity index is 835. The number of hydrogen-bond donors (Lipinski definition) is 1. The first kappa shape index (κ1) is 15.5. The molecule has 0 bridgehead atoms. The lowest BCUT2D eigenvalue weighted by atomic mass is 10.3. The van der Waals surface area contributed by atoms with E-state index in [4.69, 9.17) is 23.2 Å². The van der Waals surface area contributed by atoms with E-state index in [-0.39, 0.29) is 16.8 Å². The third-order valence-corrected chi connectivity index (χ3v) is 3.51. The van der Waals surface area contributed by atoms with Crippen molar-refractivity contribution in [2.75, 3.05) is 0 Å². The van der Waals surface area contributed by atoms with Gasteiger partial charge in [-0.05, 0) is 23.8 Å². The summed E-state index contributed by atoms with van der Waals surface area (Å²) < 4.78 is 1.32. The summed E-state index contributed by atoms with van der Waals surface area (Å²) in [5.74, 6) is 0.00238. The molecule has 0 aliphatic rings. The fourth-order valence-corrected chi connectivity index (χ4v) is 2.36. The van der Waals surface area contributed by atoms with Crippen LogP contribution in [0.5, 0.6) is 0 Å². The van der Waals surface area contributed by atoms with Crippen molar-refractivity contribution in [2.45, 2.75) is 6.54 Å². The Labute approximate surface area is 142 Å². The van der Waals surface area contributed by atoms with Crippen molar-refractivity contribution < 1.29 is 4.79 Å². The van der Waals surface area contributed by atoms with E-state index >= 15 is 0 Å². The van der Waals surface area contributed by atoms with Gasteiger partial charge in [-0.15, -0.1) is 0 Å². The highest BCUT2D eigenvalue weighted by Crippen LogP contribution is 2.20. The van der Waals surface area contributed by atoms with Gasteiger partial charge in [0.05, 0.1) is 5.02 Å². The highest BCUT2D eigenvalue weighted by Gasteiger charge is 2.18. The molecule has 0 aromatic carbocycles. The molecule has 0 radical (unpaired) electrons. The number of pyridine rings is 2. The van der Waals surface area contributed by atoms with Crippen LogP contribution in [-0.4, -0.2) is 25.7 Å². The minimum atomic E-state index is -0.338. The highest BCUT2D eigenvalue weighted by atomic mass is 35.5. The molecule has 1 amide bonds. The number of nitrogens with zero attached hydrogens (tertiary/aromatic N) is 4. The van der Waals surface area contributed by atoms with Gasteiger partial charge in [-0.3, -0.25) is 9.78 Å². The molecule has 3 heterocycles. The van der Waals surface area contributed by atoms with E-state index in [0.29, 0.717) is 17.4 Å². The molecule has 0 aliphatic heterocycles. The van der Waals surface area contributed by atoms with Crippen LogP contribution in [0.25, 0.3) is 5.82 Å². The molecule has 0 atom stereocenters. The summed E-state index contributed by atoms with van der Waals surface area (Å²) in [5.41, 5.74) is 1.13. The van der Waals surface area contributed by atoms with Gasteiger partial charge in [0, 0.05) is 31.2 Å². The molecule has 0 saturated carbocycles. The standard InChI is InChI=1S/C15H11Cl2N5O/c16-11-4-2-6-19-14(11)22-12(7-13(17)21-22)15(23)20-9-10-3-1-5-18-8-10/h1-8H,9H2,(H,20,23). The van der Waals surface area contributed by atoms with Crippen LogP contribution in [0.3, 0.4) is 0 Å². The number of carbonyl (C=O) groups excluding carboxylic acids is 1. The van der Waals surface area contributed by atoms with E-state index in [1.807, 2.05) is 6.07 Å². The van der Waals surface area contributed by atoms with Gasteiger partial charge in [0.15, 0.2) is 11.0 Å². The zero-order valence-electron chi connectivity index (χ0n) is 11.8. The summed E-state index contributed by atoms with van der Waals surface area (Å²) >= 11 is 12.0. The lowest BCUT2D eigenvalue weighted by molar-refractivity contribution is 0.0943. The van der Waals surface area contributed by atoms with Gasteiger partial charge in [-0.25, -0.2) is 9.67 Å². The topological polar surface area (TPSA) is 72.7 Å². The van der Waals surface area contributed by atoms with Crippen LogP contribution in [0, 0.1) is 0 Å². The molecule has 0 saturated heterocycles. The lowest BCUT2D eigenvalue weighted by Crippen LogP contribution is -2.25. The van der Waals surface area contributed by atoms with Crippen LogP contribution < -0.4 is 5.32 Å². The maximum Gasteiger partial charge on any atom is 0.270 e. The molecule has 0 aliphatic carbocycles. The van der Waals surface area contributed by atoms with Crippen molar-refractivity contribution in [2.24, 2.45) is 0 Å². The number of aromatic nitrogens is 4. The largest absolute Gasteiger partial charge is 0.347 e. The molecule has 0 unspecified atom stereocenters. The highest BCUT2D eigenvalue weighted by molar-refractivity contribution is 6.32. The Hall–Kier alpha value is -2.44. The van der Waals surface area contributed by atoms with Crippen LogP contribution in [0.4, 0.5) is 0 Å². The van der Waals surface area contributed by atoms with Gasteiger partial charge in [-0.1, -0.05) is 29.3 Å². The van der Waals surface area contributed by atoms with Gasteiger partial charge in [-0.2, -0.15) is 5.10 Å². The second-order valence-corrected chi connectivity index (χ2v) is 5.41. The molecule has 0 fully saturated rings. The second-order valence-electron chi connectivity index (χ2n) is 4.62. The average Bonchev–Trinajstić information content (AvgIpc) is 2.96. The first-order valence-corrected chi connectivity index (χ1v) is 7.44. The number of carbonyl (C=O) groups is 1. The fourth-order valence-electron chi connectivity index (χ4n) is 1.98. The number of hydrogen-bond acceptors (Lipinski definition) is 4. The average molecular weight is 348 g/mol. The third kappa shape index (κ3) is 3.49. The van der Waals surface area contributed by atoms with Crippen molar-refractivity contribution in [1.82, 2.24) is 25.1 Å². The number of halogens is 2. The molecule has 23 heavy (non-hydrogen) atoms. The molecule has 3 aromatic rings. The van der Waals surface area contributed by atoms with E-state index in [1.54, 1.807) is 36.8 Å². The van der Waals surface area contributed by atoms with Crippen molar-refractivity contribution in [1.29, 1.82) is 0 Å². The first-order chi connectivity index (χ1) is 11.1. The number of rotatable bonds is 4. The summed E-state index contributed by atoms with van der Waals surface area (Å²) in [7, 11) is 0. The normalized spacial score (nSPS) is 10.5. The summed E-state index contributed by atoms with van der Waals surface area (Å²) in [6.07, 6.45) is 4.91. The quantitative estimate of drug-likeness (QED) is 0.787. The molecular weight excluding hydrogens is 337 g/mol. The predicted octanol–water partition coefficient (Wildman–Crippen LogP) is 2.90. The molecule has 116 valence electrons. The number of amides is 1. The van der Waals surface area contributed by atoms with Gasteiger partial charge < -0.3 is 5.32 Å². The summed E-state index contributed by atoms with van der Waals surface area (Å²) in [4.78, 5) is 20.6. The van der Waals surface area contributed by atoms with Gasteiger partial charge >= 0.3 is 0 Å². The molecule has 8 heteroatoms. The number of nitrogens with one attached hydrogen (secondary N) is 1. The summed E-state index contributed by atoms with van der Waals surface area (Å²) in [6.45, 7) is 0.339.